The molecule has 4 heterocycles. The van der Waals surface area contributed by atoms with E-state index in [-0.39, 0.29) is 5.91 Å². The first-order chi connectivity index (χ1) is 17.2. The average Bonchev–Trinajstić information content (AvgIpc) is 3.13. The minimum absolute atomic E-state index is 0.198. The molecule has 1 spiro atoms. The molecule has 10 heteroatoms. The number of piperazine rings is 1. The van der Waals surface area contributed by atoms with Gasteiger partial charge in [0.15, 0.2) is 0 Å². The highest BCUT2D eigenvalue weighted by molar-refractivity contribution is 6.07. The van der Waals surface area contributed by atoms with Crippen LogP contribution in [0.4, 0.5) is 18.9 Å². The molecule has 1 unspecified atom stereocenters. The first kappa shape index (κ1) is 25.1. The minimum atomic E-state index is -4.40. The first-order valence-electron chi connectivity index (χ1n) is 12.7. The van der Waals surface area contributed by atoms with E-state index in [4.69, 9.17) is 9.47 Å². The molecular formula is C26H32F3N3O4. The highest BCUT2D eigenvalue weighted by Gasteiger charge is 2.52. The van der Waals surface area contributed by atoms with Crippen LogP contribution in [-0.2, 0) is 25.2 Å². The summed E-state index contributed by atoms with van der Waals surface area (Å²) in [5.41, 5.74) is -0.270. The van der Waals surface area contributed by atoms with Gasteiger partial charge in [-0.15, -0.1) is 0 Å². The van der Waals surface area contributed by atoms with Crippen LogP contribution in [0.3, 0.4) is 0 Å². The van der Waals surface area contributed by atoms with Gasteiger partial charge >= 0.3 is 12.1 Å². The molecule has 1 aromatic rings. The summed E-state index contributed by atoms with van der Waals surface area (Å²) in [5, 5.41) is 0. The van der Waals surface area contributed by atoms with Crippen molar-refractivity contribution in [2.45, 2.75) is 50.4 Å². The molecule has 0 N–H and O–H groups in total. The molecule has 196 valence electrons. The van der Waals surface area contributed by atoms with Crippen LogP contribution in [0.25, 0.3) is 0 Å². The van der Waals surface area contributed by atoms with Gasteiger partial charge in [-0.05, 0) is 38.0 Å². The van der Waals surface area contributed by atoms with Gasteiger partial charge in [0.1, 0.15) is 5.60 Å². The van der Waals surface area contributed by atoms with E-state index < -0.39 is 23.3 Å². The second-order valence-corrected chi connectivity index (χ2v) is 10.1. The highest BCUT2D eigenvalue weighted by Crippen LogP contribution is 2.42. The fraction of sp³-hybridized carbons (Fsp3) is 0.615. The first-order valence-corrected chi connectivity index (χ1v) is 12.7. The standard InChI is InChI=1S/C26H32F3N3O4/c1-18-22(25(36-24(18)34)7-9-30(10-8-25)21-6-3-15-35-17-21)23(33)32-13-11-31(12-14-32)20-5-2-4-19(16-20)26(27,28)29/h2,4-5,16,21H,3,6-15,17H2,1H3. The summed E-state index contributed by atoms with van der Waals surface area (Å²) >= 11 is 0. The number of amides is 1. The van der Waals surface area contributed by atoms with Crippen LogP contribution >= 0.6 is 0 Å². The maximum absolute atomic E-state index is 13.7. The maximum Gasteiger partial charge on any atom is 0.416 e. The fourth-order valence-electron chi connectivity index (χ4n) is 5.92. The minimum Gasteiger partial charge on any atom is -0.450 e. The number of esters is 1. The van der Waals surface area contributed by atoms with Crippen LogP contribution in [0.5, 0.6) is 0 Å². The summed E-state index contributed by atoms with van der Waals surface area (Å²) in [5.74, 6) is -0.633. The Hall–Kier alpha value is -2.59. The Kier molecular flexibility index (Phi) is 6.76. The monoisotopic (exact) mass is 507 g/mol. The zero-order valence-corrected chi connectivity index (χ0v) is 20.5. The summed E-state index contributed by atoms with van der Waals surface area (Å²) in [6.07, 6.45) is -1.14. The molecule has 0 aliphatic carbocycles. The van der Waals surface area contributed by atoms with Crippen LogP contribution in [0.2, 0.25) is 0 Å². The molecule has 0 aromatic heterocycles. The topological polar surface area (TPSA) is 62.3 Å². The van der Waals surface area contributed by atoms with E-state index in [0.717, 1.165) is 44.7 Å². The Labute approximate surface area is 208 Å². The van der Waals surface area contributed by atoms with E-state index >= 15 is 0 Å². The van der Waals surface area contributed by atoms with Crippen molar-refractivity contribution in [1.82, 2.24) is 9.80 Å². The molecule has 1 amide bonds. The largest absolute Gasteiger partial charge is 0.450 e. The number of alkyl halides is 3. The molecule has 5 rings (SSSR count). The van der Waals surface area contributed by atoms with Crippen LogP contribution in [-0.4, -0.2) is 85.8 Å². The molecule has 1 atom stereocenters. The molecule has 0 saturated carbocycles. The lowest BCUT2D eigenvalue weighted by Gasteiger charge is -2.44. The molecule has 4 aliphatic rings. The number of ether oxygens (including phenoxy) is 2. The van der Waals surface area contributed by atoms with Crippen LogP contribution < -0.4 is 4.90 Å². The predicted molar refractivity (Wildman–Crippen MR) is 126 cm³/mol. The number of hydrogen-bond donors (Lipinski definition) is 0. The Morgan fingerprint density at radius 3 is 2.44 bits per heavy atom. The smallest absolute Gasteiger partial charge is 0.416 e. The average molecular weight is 508 g/mol. The van der Waals surface area contributed by atoms with Crippen molar-refractivity contribution < 1.29 is 32.2 Å². The number of likely N-dealkylation sites (tertiary alicyclic amines) is 1. The van der Waals surface area contributed by atoms with Gasteiger partial charge in [-0.3, -0.25) is 9.69 Å². The quantitative estimate of drug-likeness (QED) is 0.586. The van der Waals surface area contributed by atoms with Gasteiger partial charge < -0.3 is 19.3 Å². The third-order valence-corrected chi connectivity index (χ3v) is 8.00. The van der Waals surface area contributed by atoms with Gasteiger partial charge in [0, 0.05) is 76.0 Å². The van der Waals surface area contributed by atoms with Crippen molar-refractivity contribution in [3.63, 3.8) is 0 Å². The van der Waals surface area contributed by atoms with Crippen molar-refractivity contribution in [2.75, 3.05) is 57.4 Å². The molecule has 4 aliphatic heterocycles. The number of carbonyl (C=O) groups is 2. The van der Waals surface area contributed by atoms with Gasteiger partial charge in [-0.1, -0.05) is 6.07 Å². The third kappa shape index (κ3) is 4.72. The molecule has 3 fully saturated rings. The summed E-state index contributed by atoms with van der Waals surface area (Å²) in [7, 11) is 0. The number of halogens is 3. The van der Waals surface area contributed by atoms with Crippen LogP contribution in [0.1, 0.15) is 38.2 Å². The van der Waals surface area contributed by atoms with E-state index in [1.54, 1.807) is 17.9 Å². The molecule has 3 saturated heterocycles. The van der Waals surface area contributed by atoms with E-state index in [1.807, 2.05) is 4.90 Å². The van der Waals surface area contributed by atoms with E-state index in [1.165, 1.54) is 6.07 Å². The number of nitrogens with zero attached hydrogens (tertiary/aromatic N) is 3. The molecular weight excluding hydrogens is 475 g/mol. The maximum atomic E-state index is 13.7. The van der Waals surface area contributed by atoms with Gasteiger partial charge in [0.05, 0.1) is 17.7 Å². The van der Waals surface area contributed by atoms with Crippen molar-refractivity contribution in [2.24, 2.45) is 0 Å². The Morgan fingerprint density at radius 1 is 1.08 bits per heavy atom. The number of benzene rings is 1. The number of anilines is 1. The van der Waals surface area contributed by atoms with Gasteiger partial charge in [-0.2, -0.15) is 13.2 Å². The zero-order chi connectivity index (χ0) is 25.5. The van der Waals surface area contributed by atoms with E-state index in [0.29, 0.717) is 68.5 Å². The lowest BCUT2D eigenvalue weighted by Crippen LogP contribution is -2.55. The highest BCUT2D eigenvalue weighted by atomic mass is 19.4. The normalized spacial score (nSPS) is 25.4. The summed E-state index contributed by atoms with van der Waals surface area (Å²) in [4.78, 5) is 32.2. The molecule has 1 aromatic carbocycles. The molecule has 36 heavy (non-hydrogen) atoms. The number of rotatable bonds is 3. The zero-order valence-electron chi connectivity index (χ0n) is 20.5. The Morgan fingerprint density at radius 2 is 1.81 bits per heavy atom. The Balaban J connectivity index is 1.25. The third-order valence-electron chi connectivity index (χ3n) is 8.00. The van der Waals surface area contributed by atoms with Gasteiger partial charge in [0.25, 0.3) is 5.91 Å². The lowest BCUT2D eigenvalue weighted by atomic mass is 9.81. The summed E-state index contributed by atoms with van der Waals surface area (Å²) in [6, 6.07) is 5.63. The lowest BCUT2D eigenvalue weighted by molar-refractivity contribution is -0.152. The molecule has 0 radical (unpaired) electrons. The van der Waals surface area contributed by atoms with Crippen molar-refractivity contribution in [1.29, 1.82) is 0 Å². The Bertz CT molecular complexity index is 1040. The second-order valence-electron chi connectivity index (χ2n) is 10.1. The van der Waals surface area contributed by atoms with Crippen LogP contribution in [0, 0.1) is 0 Å². The number of hydrogen-bond acceptors (Lipinski definition) is 6. The van der Waals surface area contributed by atoms with E-state index in [9.17, 15) is 22.8 Å². The van der Waals surface area contributed by atoms with E-state index in [2.05, 4.69) is 4.90 Å². The summed E-state index contributed by atoms with van der Waals surface area (Å²) < 4.78 is 50.9. The van der Waals surface area contributed by atoms with Gasteiger partial charge in [-0.25, -0.2) is 4.79 Å². The molecule has 7 nitrogen and oxygen atoms in total. The van der Waals surface area contributed by atoms with Crippen molar-refractivity contribution in [3.8, 4) is 0 Å². The number of carbonyl (C=O) groups excluding carboxylic acids is 2. The predicted octanol–water partition coefficient (Wildman–Crippen LogP) is 3.24. The summed E-state index contributed by atoms with van der Waals surface area (Å²) in [6.45, 7) is 6.18. The SMILES string of the molecule is CC1=C(C(=O)N2CCN(c3cccc(C(F)(F)F)c3)CC2)C2(CCN(C3CCCOC3)CC2)OC1=O. The van der Waals surface area contributed by atoms with Crippen molar-refractivity contribution >= 4 is 17.6 Å². The second kappa shape index (κ2) is 9.70. The number of piperidine rings is 1. The fourth-order valence-corrected chi connectivity index (χ4v) is 5.92. The van der Waals surface area contributed by atoms with Crippen LogP contribution in [0.15, 0.2) is 35.4 Å². The molecule has 0 bridgehead atoms. The van der Waals surface area contributed by atoms with Gasteiger partial charge in [0.2, 0.25) is 0 Å². The van der Waals surface area contributed by atoms with Crippen molar-refractivity contribution in [3.05, 3.63) is 41.0 Å².